The van der Waals surface area contributed by atoms with Crippen molar-refractivity contribution in [1.29, 1.82) is 0 Å². The fourth-order valence-corrected chi connectivity index (χ4v) is 11.1. The number of pyridine rings is 1. The Morgan fingerprint density at radius 2 is 0.824 bits per heavy atom. The van der Waals surface area contributed by atoms with E-state index in [0.29, 0.717) is 5.69 Å². The number of para-hydroxylation sites is 2. The summed E-state index contributed by atoms with van der Waals surface area (Å²) in [5, 5.41) is 18.7. The topological polar surface area (TPSA) is 62.0 Å². The maximum Gasteiger partial charge on any atom is 1.00 e. The van der Waals surface area contributed by atoms with Crippen LogP contribution in [-0.4, -0.2) is 15.3 Å². The molecule has 8 heteroatoms. The van der Waals surface area contributed by atoms with Crippen molar-refractivity contribution < 1.29 is 21.8 Å². The molecule has 0 aliphatic carbocycles. The molecule has 0 fully saturated rings. The fraction of sp³-hybridized carbons (Fsp3) is 0. The number of hydrogen-bond acceptors (Lipinski definition) is 4. The monoisotopic (exact) mass is 748 g/mol. The molecule has 2 aromatic heterocycles. The number of ether oxygens (including phenoxy) is 1. The molecule has 8 rings (SSSR count). The van der Waals surface area contributed by atoms with Gasteiger partial charge in [0.1, 0.15) is 47.7 Å². The van der Waals surface area contributed by atoms with Gasteiger partial charge in [-0.05, 0) is 90.6 Å². The van der Waals surface area contributed by atoms with Gasteiger partial charge in [0.2, 0.25) is 0 Å². The molecular weight excluding hydrogens is 714 g/mol. The van der Waals surface area contributed by atoms with Gasteiger partial charge in [0, 0.05) is 6.20 Å². The summed E-state index contributed by atoms with van der Waals surface area (Å²) >= 11 is 0. The molecule has 0 unspecified atom stereocenters. The second kappa shape index (κ2) is 18.1. The van der Waals surface area contributed by atoms with E-state index in [-0.39, 0.29) is 17.1 Å². The third kappa shape index (κ3) is 8.94. The third-order valence-electron chi connectivity index (χ3n) is 8.09. The molecule has 51 heavy (non-hydrogen) atoms. The zero-order valence-electron chi connectivity index (χ0n) is 27.6. The summed E-state index contributed by atoms with van der Waals surface area (Å²) in [6, 6.07) is 66.2. The van der Waals surface area contributed by atoms with Gasteiger partial charge in [-0.15, -0.1) is 0 Å². The summed E-state index contributed by atoms with van der Waals surface area (Å²) in [4.78, 5) is 4.08. The molecule has 8 aromatic rings. The normalized spacial score (nSPS) is 10.5. The summed E-state index contributed by atoms with van der Waals surface area (Å²) in [5.74, 6) is 1.85. The molecule has 0 spiro atoms. The smallest absolute Gasteiger partial charge is 0.449 e. The first-order valence-corrected chi connectivity index (χ1v) is 19.4. The minimum atomic E-state index is -1.28. The molecule has 0 aliphatic rings. The predicted molar refractivity (Wildman–Crippen MR) is 212 cm³/mol. The van der Waals surface area contributed by atoms with Crippen LogP contribution in [-0.2, 0) is 17.1 Å². The Bertz CT molecular complexity index is 1990. The number of nitrogens with zero attached hydrogens (tertiary/aromatic N) is 4. The van der Waals surface area contributed by atoms with Gasteiger partial charge in [-0.3, -0.25) is 10.2 Å². The van der Waals surface area contributed by atoms with Gasteiger partial charge in [0.15, 0.2) is 11.5 Å². The molecule has 0 N–H and O–H groups in total. The molecule has 0 saturated carbocycles. The van der Waals surface area contributed by atoms with E-state index in [2.05, 4.69) is 190 Å². The van der Waals surface area contributed by atoms with Crippen molar-refractivity contribution in [3.63, 3.8) is 0 Å². The van der Waals surface area contributed by atoms with E-state index in [1.807, 2.05) is 18.2 Å². The van der Waals surface area contributed by atoms with Gasteiger partial charge < -0.3 is 14.9 Å². The molecular formula is C43H35CuN4OP2+2. The van der Waals surface area contributed by atoms with E-state index in [0.717, 1.165) is 17.2 Å². The quantitative estimate of drug-likeness (QED) is 0.118. The van der Waals surface area contributed by atoms with Crippen molar-refractivity contribution in [3.8, 4) is 22.9 Å². The summed E-state index contributed by atoms with van der Waals surface area (Å²) in [7, 11) is -2.56. The van der Waals surface area contributed by atoms with Crippen LogP contribution in [0.25, 0.3) is 11.4 Å². The van der Waals surface area contributed by atoms with E-state index in [4.69, 9.17) is 4.74 Å². The largest absolute Gasteiger partial charge is 1.00 e. The van der Waals surface area contributed by atoms with Gasteiger partial charge in [0.05, 0.1) is 5.69 Å². The zero-order chi connectivity index (χ0) is 33.8. The van der Waals surface area contributed by atoms with Gasteiger partial charge in [-0.1, -0.05) is 109 Å². The Morgan fingerprint density at radius 1 is 0.431 bits per heavy atom. The Labute approximate surface area is 311 Å². The molecule has 6 aromatic carbocycles. The number of hydrogen-bond donors (Lipinski definition) is 0. The van der Waals surface area contributed by atoms with E-state index in [1.54, 1.807) is 12.4 Å². The van der Waals surface area contributed by atoms with Crippen LogP contribution in [0.2, 0.25) is 0 Å². The van der Waals surface area contributed by atoms with Crippen molar-refractivity contribution in [2.45, 2.75) is 0 Å². The average molecular weight is 749 g/mol. The number of rotatable bonds is 9. The minimum absolute atomic E-state index is 0. The molecule has 0 saturated heterocycles. The van der Waals surface area contributed by atoms with Gasteiger partial charge in [-0.25, -0.2) is 0 Å². The Morgan fingerprint density at radius 3 is 1.20 bits per heavy atom. The standard InChI is InChI=1S/C36H28OP2.C7H5N4.Cu/c1-5-17-29(18-6-1)38(30-19-7-2-8-20-30)35-27-15-13-25-33(35)37-34-26-14-16-28-36(34)39(31-21-9-3-10-22-31)32-23-11-4-12-24-32;1-2-4-8-6(3-1)7-5-9-11-10-7;/h1-28H;1-5H;/q;-1;+1/p+2. The van der Waals surface area contributed by atoms with Crippen molar-refractivity contribution >= 4 is 47.7 Å². The van der Waals surface area contributed by atoms with E-state index < -0.39 is 15.8 Å². The van der Waals surface area contributed by atoms with E-state index in [1.165, 1.54) is 31.8 Å². The minimum Gasteiger partial charge on any atom is -0.449 e. The fourth-order valence-electron chi connectivity index (χ4n) is 5.83. The van der Waals surface area contributed by atoms with Crippen LogP contribution in [0, 0.1) is 0 Å². The zero-order valence-corrected chi connectivity index (χ0v) is 30.5. The molecule has 5 nitrogen and oxygen atoms in total. The first kappa shape index (κ1) is 35.6. The summed E-state index contributed by atoms with van der Waals surface area (Å²) in [6.45, 7) is 0. The van der Waals surface area contributed by atoms with Crippen molar-refractivity contribution in [3.05, 3.63) is 200 Å². The summed E-state index contributed by atoms with van der Waals surface area (Å²) < 4.78 is 6.94. The maximum atomic E-state index is 6.94. The molecule has 252 valence electrons. The molecule has 0 atom stereocenters. The number of benzene rings is 6. The Kier molecular flexibility index (Phi) is 12.7. The first-order valence-electron chi connectivity index (χ1n) is 16.4. The van der Waals surface area contributed by atoms with Crippen LogP contribution < -0.4 is 41.7 Å². The van der Waals surface area contributed by atoms with Crippen LogP contribution in [0.5, 0.6) is 11.5 Å². The van der Waals surface area contributed by atoms with Crippen molar-refractivity contribution in [1.82, 2.24) is 20.4 Å². The predicted octanol–water partition coefficient (Wildman–Crippen LogP) is 6.95. The summed E-state index contributed by atoms with van der Waals surface area (Å²) in [5.41, 5.74) is 1.52. The van der Waals surface area contributed by atoms with Gasteiger partial charge in [-0.2, -0.15) is 0 Å². The average Bonchev–Trinajstić information content (AvgIpc) is 3.75. The Balaban J connectivity index is 0.000000317. The van der Waals surface area contributed by atoms with Crippen LogP contribution in [0.15, 0.2) is 200 Å². The van der Waals surface area contributed by atoms with Crippen LogP contribution in [0.3, 0.4) is 0 Å². The second-order valence-electron chi connectivity index (χ2n) is 11.3. The molecule has 0 radical (unpaired) electrons. The molecule has 0 aliphatic heterocycles. The third-order valence-corrected chi connectivity index (χ3v) is 13.6. The van der Waals surface area contributed by atoms with Gasteiger partial charge in [0.25, 0.3) is 0 Å². The van der Waals surface area contributed by atoms with Gasteiger partial charge >= 0.3 is 17.1 Å². The molecule has 0 bridgehead atoms. The van der Waals surface area contributed by atoms with Crippen molar-refractivity contribution in [2.75, 3.05) is 0 Å². The van der Waals surface area contributed by atoms with E-state index in [9.17, 15) is 0 Å². The summed E-state index contributed by atoms with van der Waals surface area (Å²) in [6.07, 6.45) is 3.30. The molecule has 0 amide bonds. The second-order valence-corrected chi connectivity index (χ2v) is 16.2. The van der Waals surface area contributed by atoms with Crippen LogP contribution in [0.4, 0.5) is 0 Å². The molecule has 2 heterocycles. The van der Waals surface area contributed by atoms with E-state index >= 15 is 0 Å². The first-order chi connectivity index (χ1) is 24.8. The van der Waals surface area contributed by atoms with Crippen molar-refractivity contribution in [2.24, 2.45) is 0 Å². The Hall–Kier alpha value is -5.21. The number of aromatic nitrogens is 4. The maximum absolute atomic E-state index is 6.94. The van der Waals surface area contributed by atoms with Crippen LogP contribution in [0.1, 0.15) is 0 Å². The van der Waals surface area contributed by atoms with Crippen LogP contribution >= 0.6 is 15.8 Å². The SMILES string of the molecule is [Cu+].c1ccc(-c2cnn[n-]2)nc1.c1ccc([PH+](c2ccccc2)c2ccccc2Oc2ccccc2[PH+](c2ccccc2)c2ccccc2)cc1.